The van der Waals surface area contributed by atoms with Gasteiger partial charge in [-0.1, -0.05) is 35.5 Å². The van der Waals surface area contributed by atoms with Crippen molar-refractivity contribution in [1.29, 1.82) is 0 Å². The molecule has 5 rings (SSSR count). The zero-order valence-electron chi connectivity index (χ0n) is 17.6. The van der Waals surface area contributed by atoms with Gasteiger partial charge >= 0.3 is 0 Å². The van der Waals surface area contributed by atoms with Gasteiger partial charge in [-0.25, -0.2) is 4.98 Å². The molecule has 1 aliphatic rings. The molecular weight excluding hydrogens is 390 g/mol. The Morgan fingerprint density at radius 2 is 1.90 bits per heavy atom. The molecule has 3 heterocycles. The van der Waals surface area contributed by atoms with Crippen LogP contribution in [0.4, 0.5) is 0 Å². The molecule has 1 atom stereocenters. The number of likely N-dealkylation sites (tertiary alicyclic amines) is 1. The first-order valence-corrected chi connectivity index (χ1v) is 10.8. The normalized spacial score (nSPS) is 16.7. The number of carbonyl (C=O) groups excluding carboxylic acids is 1. The first-order chi connectivity index (χ1) is 15.2. The molecule has 1 unspecified atom stereocenters. The molecule has 158 valence electrons. The smallest absolute Gasteiger partial charge is 0.231 e. The van der Waals surface area contributed by atoms with Gasteiger partial charge in [0, 0.05) is 31.6 Å². The van der Waals surface area contributed by atoms with E-state index in [2.05, 4.69) is 32.9 Å². The summed E-state index contributed by atoms with van der Waals surface area (Å²) < 4.78 is 7.50. The molecule has 1 fully saturated rings. The van der Waals surface area contributed by atoms with E-state index in [9.17, 15) is 4.79 Å². The number of imidazole rings is 1. The molecule has 0 aliphatic carbocycles. The molecule has 1 aliphatic heterocycles. The number of nitrogens with zero attached hydrogens (tertiary/aromatic N) is 5. The van der Waals surface area contributed by atoms with Crippen LogP contribution in [0.5, 0.6) is 0 Å². The third-order valence-corrected chi connectivity index (χ3v) is 5.87. The Morgan fingerprint density at radius 3 is 2.71 bits per heavy atom. The third kappa shape index (κ3) is 3.95. The van der Waals surface area contributed by atoms with Crippen molar-refractivity contribution >= 4 is 16.9 Å². The highest BCUT2D eigenvalue weighted by Crippen LogP contribution is 2.27. The number of fused-ring (bicyclic) bond motifs is 1. The Hall–Kier alpha value is -3.48. The van der Waals surface area contributed by atoms with Gasteiger partial charge in [-0.15, -0.1) is 0 Å². The van der Waals surface area contributed by atoms with Crippen molar-refractivity contribution in [3.8, 4) is 5.69 Å². The molecule has 7 nitrogen and oxygen atoms in total. The molecule has 0 radical (unpaired) electrons. The molecule has 0 spiro atoms. The summed E-state index contributed by atoms with van der Waals surface area (Å²) in [6, 6.07) is 18.3. The number of hydrogen-bond donors (Lipinski definition) is 0. The van der Waals surface area contributed by atoms with Gasteiger partial charge in [0.25, 0.3) is 0 Å². The SMILES string of the molecule is Cc1noc(C2CCCN(C(=O)CCc3nc4ccccc4n3-c3ccccc3)C2)n1. The van der Waals surface area contributed by atoms with E-state index >= 15 is 0 Å². The minimum absolute atomic E-state index is 0.118. The van der Waals surface area contributed by atoms with Crippen LogP contribution in [0.15, 0.2) is 59.1 Å². The monoisotopic (exact) mass is 415 g/mol. The summed E-state index contributed by atoms with van der Waals surface area (Å²) in [6.45, 7) is 3.23. The minimum Gasteiger partial charge on any atom is -0.342 e. The molecule has 7 heteroatoms. The lowest BCUT2D eigenvalue weighted by molar-refractivity contribution is -0.132. The molecule has 0 N–H and O–H groups in total. The maximum Gasteiger partial charge on any atom is 0.231 e. The van der Waals surface area contributed by atoms with Crippen LogP contribution in [0.1, 0.15) is 42.7 Å². The molecular formula is C24H25N5O2. The second kappa shape index (κ2) is 8.34. The van der Waals surface area contributed by atoms with Crippen LogP contribution in [0.3, 0.4) is 0 Å². The van der Waals surface area contributed by atoms with Crippen LogP contribution in [0.2, 0.25) is 0 Å². The number of carbonyl (C=O) groups is 1. The van der Waals surface area contributed by atoms with Crippen molar-refractivity contribution < 1.29 is 9.32 Å². The van der Waals surface area contributed by atoms with E-state index < -0.39 is 0 Å². The third-order valence-electron chi connectivity index (χ3n) is 5.87. The van der Waals surface area contributed by atoms with Gasteiger partial charge in [0.15, 0.2) is 5.82 Å². The Balaban J connectivity index is 1.33. The minimum atomic E-state index is 0.118. The molecule has 2 aromatic carbocycles. The van der Waals surface area contributed by atoms with E-state index in [1.54, 1.807) is 0 Å². The van der Waals surface area contributed by atoms with E-state index in [1.165, 1.54) is 0 Å². The number of benzene rings is 2. The average Bonchev–Trinajstić information content (AvgIpc) is 3.41. The largest absolute Gasteiger partial charge is 0.342 e. The molecule has 4 aromatic rings. The van der Waals surface area contributed by atoms with Crippen molar-refractivity contribution in [2.75, 3.05) is 13.1 Å². The highest BCUT2D eigenvalue weighted by molar-refractivity contribution is 5.79. The Kier molecular flexibility index (Phi) is 5.24. The lowest BCUT2D eigenvalue weighted by atomic mass is 9.97. The molecule has 1 amide bonds. The number of rotatable bonds is 5. The Morgan fingerprint density at radius 1 is 1.10 bits per heavy atom. The van der Waals surface area contributed by atoms with Crippen LogP contribution in [-0.2, 0) is 11.2 Å². The summed E-state index contributed by atoms with van der Waals surface area (Å²) in [6.07, 6.45) is 2.92. The maximum atomic E-state index is 13.0. The second-order valence-corrected chi connectivity index (χ2v) is 8.05. The number of para-hydroxylation sites is 3. The van der Waals surface area contributed by atoms with Crippen molar-refractivity contribution in [3.63, 3.8) is 0 Å². The van der Waals surface area contributed by atoms with Crippen LogP contribution in [0, 0.1) is 6.92 Å². The van der Waals surface area contributed by atoms with Crippen molar-refractivity contribution in [3.05, 3.63) is 72.1 Å². The predicted octanol–water partition coefficient (Wildman–Crippen LogP) is 4.06. The number of hydrogen-bond acceptors (Lipinski definition) is 5. The molecule has 2 aromatic heterocycles. The summed E-state index contributed by atoms with van der Waals surface area (Å²) in [7, 11) is 0. The van der Waals surface area contributed by atoms with Crippen molar-refractivity contribution in [2.45, 2.75) is 38.5 Å². The van der Waals surface area contributed by atoms with Crippen LogP contribution < -0.4 is 0 Å². The van der Waals surface area contributed by atoms with Gasteiger partial charge in [0.05, 0.1) is 17.0 Å². The van der Waals surface area contributed by atoms with Gasteiger partial charge < -0.3 is 9.42 Å². The quantitative estimate of drug-likeness (QED) is 0.491. The predicted molar refractivity (Wildman–Crippen MR) is 117 cm³/mol. The van der Waals surface area contributed by atoms with E-state index in [0.29, 0.717) is 31.1 Å². The molecule has 0 bridgehead atoms. The summed E-state index contributed by atoms with van der Waals surface area (Å²) in [5.74, 6) is 2.45. The van der Waals surface area contributed by atoms with E-state index in [1.807, 2.05) is 48.2 Å². The molecule has 0 saturated carbocycles. The van der Waals surface area contributed by atoms with Gasteiger partial charge in [-0.2, -0.15) is 4.98 Å². The van der Waals surface area contributed by atoms with E-state index in [0.717, 1.165) is 41.9 Å². The Labute approximate surface area is 180 Å². The number of aryl methyl sites for hydroxylation is 2. The zero-order chi connectivity index (χ0) is 21.2. The topological polar surface area (TPSA) is 77.0 Å². The first kappa shape index (κ1) is 19.5. The van der Waals surface area contributed by atoms with Crippen molar-refractivity contribution in [1.82, 2.24) is 24.6 Å². The number of aromatic nitrogens is 4. The maximum absolute atomic E-state index is 13.0. The van der Waals surface area contributed by atoms with Gasteiger partial charge in [0.1, 0.15) is 5.82 Å². The fourth-order valence-corrected chi connectivity index (χ4v) is 4.37. The molecule has 1 saturated heterocycles. The van der Waals surface area contributed by atoms with Crippen molar-refractivity contribution in [2.24, 2.45) is 0 Å². The van der Waals surface area contributed by atoms with Gasteiger partial charge in [-0.3, -0.25) is 9.36 Å². The van der Waals surface area contributed by atoms with E-state index in [-0.39, 0.29) is 11.8 Å². The van der Waals surface area contributed by atoms with Crippen LogP contribution in [-0.4, -0.2) is 43.6 Å². The Bertz CT molecular complexity index is 1200. The van der Waals surface area contributed by atoms with E-state index in [4.69, 9.17) is 9.51 Å². The van der Waals surface area contributed by atoms with Crippen LogP contribution >= 0.6 is 0 Å². The fourth-order valence-electron chi connectivity index (χ4n) is 4.37. The lowest BCUT2D eigenvalue weighted by Crippen LogP contribution is -2.39. The van der Waals surface area contributed by atoms with Gasteiger partial charge in [0.2, 0.25) is 11.8 Å². The number of amides is 1. The highest BCUT2D eigenvalue weighted by atomic mass is 16.5. The van der Waals surface area contributed by atoms with Gasteiger partial charge in [-0.05, 0) is 44.0 Å². The second-order valence-electron chi connectivity index (χ2n) is 8.05. The standard InChI is InChI=1S/C24H25N5O2/c1-17-25-24(31-27-17)18-8-7-15-28(16-18)23(30)14-13-22-26-20-11-5-6-12-21(20)29(22)19-9-3-2-4-10-19/h2-6,9-12,18H,7-8,13-16H2,1H3. The zero-order valence-corrected chi connectivity index (χ0v) is 17.6. The summed E-state index contributed by atoms with van der Waals surface area (Å²) in [4.78, 5) is 24.2. The summed E-state index contributed by atoms with van der Waals surface area (Å²) in [5, 5.41) is 3.90. The van der Waals surface area contributed by atoms with Crippen LogP contribution in [0.25, 0.3) is 16.7 Å². The first-order valence-electron chi connectivity index (χ1n) is 10.8. The molecule has 31 heavy (non-hydrogen) atoms. The average molecular weight is 415 g/mol. The fraction of sp³-hybridized carbons (Fsp3) is 0.333. The number of piperidine rings is 1. The summed E-state index contributed by atoms with van der Waals surface area (Å²) >= 11 is 0. The lowest BCUT2D eigenvalue weighted by Gasteiger charge is -2.31. The highest BCUT2D eigenvalue weighted by Gasteiger charge is 2.28. The summed E-state index contributed by atoms with van der Waals surface area (Å²) in [5.41, 5.74) is 3.06.